The van der Waals surface area contributed by atoms with Crippen LogP contribution in [0.3, 0.4) is 0 Å². The van der Waals surface area contributed by atoms with Gasteiger partial charge in [-0.05, 0) is 22.7 Å². The van der Waals surface area contributed by atoms with Crippen LogP contribution in [0.25, 0.3) is 0 Å². The normalized spacial score (nSPS) is 14.0. The van der Waals surface area contributed by atoms with Crippen LogP contribution in [0, 0.1) is 10.1 Å². The molecular weight excluding hydrogens is 268 g/mol. The molecule has 9 heteroatoms. The van der Waals surface area contributed by atoms with Gasteiger partial charge in [0, 0.05) is 19.0 Å². The molecule has 0 aliphatic heterocycles. The van der Waals surface area contributed by atoms with Crippen molar-refractivity contribution in [3.8, 4) is 0 Å². The van der Waals surface area contributed by atoms with Gasteiger partial charge in [-0.3, -0.25) is 9.59 Å². The minimum absolute atomic E-state index is 0.0238. The summed E-state index contributed by atoms with van der Waals surface area (Å²) in [5, 5.41) is 19.2. The van der Waals surface area contributed by atoms with E-state index in [2.05, 4.69) is 4.98 Å². The van der Waals surface area contributed by atoms with Gasteiger partial charge in [-0.2, -0.15) is 0 Å². The fourth-order valence-electron chi connectivity index (χ4n) is 1.89. The number of carboxylic acids is 1. The van der Waals surface area contributed by atoms with Gasteiger partial charge in [0.15, 0.2) is 0 Å². The molecule has 0 spiro atoms. The van der Waals surface area contributed by atoms with E-state index in [1.54, 1.807) is 0 Å². The van der Waals surface area contributed by atoms with Crippen LogP contribution >= 0.6 is 0 Å². The number of carbonyl (C=O) groups excluding carboxylic acids is 1. The molecule has 9 nitrogen and oxygen atoms in total. The third kappa shape index (κ3) is 3.53. The number of carboxylic acid groups (broad SMARTS) is 1. The summed E-state index contributed by atoms with van der Waals surface area (Å²) in [4.78, 5) is 37.5. The molecule has 0 aromatic carbocycles. The molecule has 1 fully saturated rings. The molecule has 0 atom stereocenters. The average Bonchev–Trinajstić information content (AvgIpc) is 3.10. The molecule has 1 aliphatic rings. The first-order valence-electron chi connectivity index (χ1n) is 6.15. The summed E-state index contributed by atoms with van der Waals surface area (Å²) in [7, 11) is 0. The number of aromatic nitrogens is 2. The highest BCUT2D eigenvalue weighted by molar-refractivity contribution is 5.81. The number of nitrogens with zero attached hydrogens (tertiary/aromatic N) is 4. The van der Waals surface area contributed by atoms with Gasteiger partial charge >= 0.3 is 11.8 Å². The van der Waals surface area contributed by atoms with E-state index in [0.29, 0.717) is 0 Å². The number of imidazole rings is 1. The molecule has 1 saturated carbocycles. The maximum atomic E-state index is 12.0. The van der Waals surface area contributed by atoms with E-state index < -0.39 is 10.9 Å². The minimum Gasteiger partial charge on any atom is -0.480 e. The number of aliphatic carboxylic acids is 1. The summed E-state index contributed by atoms with van der Waals surface area (Å²) < 4.78 is 1.45. The zero-order valence-corrected chi connectivity index (χ0v) is 10.6. The summed E-state index contributed by atoms with van der Waals surface area (Å²) in [5.41, 5.74) is 0. The topological polar surface area (TPSA) is 119 Å². The Balaban J connectivity index is 1.89. The average molecular weight is 282 g/mol. The van der Waals surface area contributed by atoms with Crippen molar-refractivity contribution in [2.45, 2.75) is 31.8 Å². The first-order chi connectivity index (χ1) is 9.47. The molecule has 1 amide bonds. The van der Waals surface area contributed by atoms with Crippen molar-refractivity contribution in [2.75, 3.05) is 6.54 Å². The minimum atomic E-state index is -1.04. The Hall–Kier alpha value is -2.45. The number of nitro groups is 1. The quantitative estimate of drug-likeness (QED) is 0.566. The van der Waals surface area contributed by atoms with Gasteiger partial charge in [-0.1, -0.05) is 0 Å². The van der Waals surface area contributed by atoms with E-state index in [4.69, 9.17) is 5.11 Å². The van der Waals surface area contributed by atoms with Crippen LogP contribution in [-0.2, 0) is 16.1 Å². The van der Waals surface area contributed by atoms with Crippen LogP contribution in [0.2, 0.25) is 0 Å². The van der Waals surface area contributed by atoms with Crippen molar-refractivity contribution >= 4 is 17.7 Å². The Labute approximate surface area is 114 Å². The van der Waals surface area contributed by atoms with E-state index >= 15 is 0 Å². The molecule has 1 aromatic heterocycles. The molecule has 1 N–H and O–H groups in total. The number of aryl methyl sites for hydroxylation is 1. The lowest BCUT2D eigenvalue weighted by atomic mass is 10.3. The third-order valence-electron chi connectivity index (χ3n) is 3.00. The van der Waals surface area contributed by atoms with Crippen LogP contribution in [-0.4, -0.2) is 48.9 Å². The number of carbonyl (C=O) groups is 2. The molecule has 0 unspecified atom stereocenters. The molecular formula is C11H14N4O5. The van der Waals surface area contributed by atoms with Crippen molar-refractivity contribution < 1.29 is 19.6 Å². The zero-order valence-electron chi connectivity index (χ0n) is 10.6. The monoisotopic (exact) mass is 282 g/mol. The van der Waals surface area contributed by atoms with E-state index in [9.17, 15) is 19.7 Å². The highest BCUT2D eigenvalue weighted by atomic mass is 16.6. The van der Waals surface area contributed by atoms with Gasteiger partial charge < -0.3 is 24.7 Å². The first-order valence-corrected chi connectivity index (χ1v) is 6.15. The van der Waals surface area contributed by atoms with Crippen molar-refractivity contribution in [1.82, 2.24) is 14.5 Å². The van der Waals surface area contributed by atoms with Crippen LogP contribution in [0.15, 0.2) is 12.5 Å². The van der Waals surface area contributed by atoms with Crippen LogP contribution < -0.4 is 0 Å². The number of rotatable bonds is 7. The summed E-state index contributed by atoms with van der Waals surface area (Å²) in [5.74, 6) is -1.57. The Bertz CT molecular complexity index is 537. The number of amides is 1. The fraction of sp³-hybridized carbons (Fsp3) is 0.545. The smallest absolute Gasteiger partial charge is 0.381 e. The Kier molecular flexibility index (Phi) is 3.97. The van der Waals surface area contributed by atoms with Crippen molar-refractivity contribution in [1.29, 1.82) is 0 Å². The van der Waals surface area contributed by atoms with E-state index in [0.717, 1.165) is 12.8 Å². The Morgan fingerprint density at radius 1 is 1.55 bits per heavy atom. The van der Waals surface area contributed by atoms with Gasteiger partial charge in [0.25, 0.3) is 0 Å². The van der Waals surface area contributed by atoms with Gasteiger partial charge in [0.2, 0.25) is 12.2 Å². The summed E-state index contributed by atoms with van der Waals surface area (Å²) >= 11 is 0. The Morgan fingerprint density at radius 2 is 2.25 bits per heavy atom. The van der Waals surface area contributed by atoms with Gasteiger partial charge in [0.05, 0.1) is 0 Å². The second-order valence-corrected chi connectivity index (χ2v) is 4.62. The SMILES string of the molecule is O=C(O)CN(C(=O)CCn1cnc([N+](=O)[O-])c1)C1CC1. The number of hydrogen-bond acceptors (Lipinski definition) is 5. The molecule has 0 radical (unpaired) electrons. The fourth-order valence-corrected chi connectivity index (χ4v) is 1.89. The predicted octanol–water partition coefficient (Wildman–Crippen LogP) is 0.257. The lowest BCUT2D eigenvalue weighted by Crippen LogP contribution is -2.37. The first kappa shape index (κ1) is 14.0. The number of hydrogen-bond donors (Lipinski definition) is 1. The second-order valence-electron chi connectivity index (χ2n) is 4.62. The zero-order chi connectivity index (χ0) is 14.7. The van der Waals surface area contributed by atoms with Crippen LogP contribution in [0.5, 0.6) is 0 Å². The molecule has 1 aliphatic carbocycles. The maximum absolute atomic E-state index is 12.0. The third-order valence-corrected chi connectivity index (χ3v) is 3.00. The largest absolute Gasteiger partial charge is 0.480 e. The highest BCUT2D eigenvalue weighted by Crippen LogP contribution is 2.27. The van der Waals surface area contributed by atoms with Crippen molar-refractivity contribution in [3.63, 3.8) is 0 Å². The summed E-state index contributed by atoms with van der Waals surface area (Å²) in [6.07, 6.45) is 4.28. The molecule has 1 aromatic rings. The van der Waals surface area contributed by atoms with E-state index in [1.165, 1.54) is 22.0 Å². The summed E-state index contributed by atoms with van der Waals surface area (Å²) in [6, 6.07) is 0.0238. The Morgan fingerprint density at radius 3 is 2.75 bits per heavy atom. The van der Waals surface area contributed by atoms with Gasteiger partial charge in [-0.15, -0.1) is 0 Å². The molecule has 108 valence electrons. The lowest BCUT2D eigenvalue weighted by molar-refractivity contribution is -0.389. The molecule has 1 heterocycles. The molecule has 0 bridgehead atoms. The summed E-state index contributed by atoms with van der Waals surface area (Å²) in [6.45, 7) is -0.0594. The van der Waals surface area contributed by atoms with Gasteiger partial charge in [-0.25, -0.2) is 0 Å². The van der Waals surface area contributed by atoms with E-state index in [-0.39, 0.29) is 37.3 Å². The maximum Gasteiger partial charge on any atom is 0.381 e. The molecule has 20 heavy (non-hydrogen) atoms. The highest BCUT2D eigenvalue weighted by Gasteiger charge is 2.33. The van der Waals surface area contributed by atoms with Crippen molar-refractivity contribution in [2.24, 2.45) is 0 Å². The predicted molar refractivity (Wildman–Crippen MR) is 65.9 cm³/mol. The van der Waals surface area contributed by atoms with Gasteiger partial charge in [0.1, 0.15) is 12.7 Å². The molecule has 2 rings (SSSR count). The van der Waals surface area contributed by atoms with E-state index in [1.807, 2.05) is 0 Å². The van der Waals surface area contributed by atoms with Crippen LogP contribution in [0.1, 0.15) is 19.3 Å². The lowest BCUT2D eigenvalue weighted by Gasteiger charge is -2.20. The second kappa shape index (κ2) is 5.68. The van der Waals surface area contributed by atoms with Crippen molar-refractivity contribution in [3.05, 3.63) is 22.6 Å². The van der Waals surface area contributed by atoms with Crippen LogP contribution in [0.4, 0.5) is 5.82 Å². The standard InChI is InChI=1S/C11H14N4O5/c16-10(14(6-11(17)18)8-1-2-8)3-4-13-5-9(12-7-13)15(19)20/h5,7-8H,1-4,6H2,(H,17,18). The molecule has 0 saturated heterocycles.